The third kappa shape index (κ3) is 5.93. The van der Waals surface area contributed by atoms with Crippen molar-refractivity contribution in [3.8, 4) is 11.5 Å². The molecule has 0 bridgehead atoms. The topological polar surface area (TPSA) is 90.0 Å². The van der Waals surface area contributed by atoms with Crippen LogP contribution in [0.5, 0.6) is 11.5 Å². The van der Waals surface area contributed by atoms with Crippen LogP contribution in [0.4, 0.5) is 0 Å². The molecule has 7 nitrogen and oxygen atoms in total. The van der Waals surface area contributed by atoms with Crippen LogP contribution in [0.15, 0.2) is 54.6 Å². The summed E-state index contributed by atoms with van der Waals surface area (Å²) < 4.78 is 37.8. The molecule has 178 valence electrons. The molecule has 1 fully saturated rings. The fraction of sp³-hybridized carbons (Fsp3) is 0.440. The molecule has 3 rings (SSSR count). The molecular formula is C25H31NO6S. The number of amides is 1. The quantitative estimate of drug-likeness (QED) is 0.442. The van der Waals surface area contributed by atoms with E-state index in [9.17, 15) is 18.0 Å². The van der Waals surface area contributed by atoms with Gasteiger partial charge in [-0.05, 0) is 49.6 Å². The lowest BCUT2D eigenvalue weighted by Gasteiger charge is -2.24. The molecule has 1 aliphatic heterocycles. The Kier molecular flexibility index (Phi) is 8.49. The third-order valence-electron chi connectivity index (χ3n) is 5.58. The van der Waals surface area contributed by atoms with Crippen molar-refractivity contribution in [3.05, 3.63) is 60.2 Å². The maximum atomic E-state index is 13.5. The van der Waals surface area contributed by atoms with Crippen molar-refractivity contribution in [1.82, 2.24) is 4.90 Å². The number of nitrogens with zero attached hydrogens (tertiary/aromatic N) is 1. The summed E-state index contributed by atoms with van der Waals surface area (Å²) in [5, 5.41) is -2.17. The van der Waals surface area contributed by atoms with E-state index in [2.05, 4.69) is 0 Å². The van der Waals surface area contributed by atoms with Gasteiger partial charge in [-0.1, -0.05) is 50.1 Å². The first-order valence-corrected chi connectivity index (χ1v) is 13.0. The molecule has 1 aliphatic rings. The van der Waals surface area contributed by atoms with Crippen LogP contribution in [0.3, 0.4) is 0 Å². The fourth-order valence-corrected chi connectivity index (χ4v) is 6.34. The van der Waals surface area contributed by atoms with E-state index in [0.717, 1.165) is 6.42 Å². The summed E-state index contributed by atoms with van der Waals surface area (Å²) in [4.78, 5) is 26.3. The van der Waals surface area contributed by atoms with Gasteiger partial charge in [0.15, 0.2) is 15.2 Å². The zero-order chi connectivity index (χ0) is 23.8. The summed E-state index contributed by atoms with van der Waals surface area (Å²) in [5.74, 6) is 0.369. The van der Waals surface area contributed by atoms with Crippen LogP contribution in [-0.4, -0.2) is 43.6 Å². The van der Waals surface area contributed by atoms with Gasteiger partial charge in [0.05, 0.1) is 6.61 Å². The first-order chi connectivity index (χ1) is 15.9. The monoisotopic (exact) mass is 473 g/mol. The Morgan fingerprint density at radius 3 is 2.42 bits per heavy atom. The number of sulfone groups is 1. The van der Waals surface area contributed by atoms with Crippen LogP contribution >= 0.6 is 0 Å². The van der Waals surface area contributed by atoms with Crippen LogP contribution in [-0.2, 0) is 24.2 Å². The minimum absolute atomic E-state index is 0.126. The second kappa shape index (κ2) is 11.3. The number of ether oxygens (including phenoxy) is 2. The zero-order valence-electron chi connectivity index (χ0n) is 19.1. The SMILES string of the molecule is CCCCC1C(=O)N(CCCC(=O)OCC)C(c2cccc(Oc3ccccc3)c2)S1(=O)=O. The molecule has 0 spiro atoms. The molecule has 0 aromatic heterocycles. The number of hydrogen-bond donors (Lipinski definition) is 0. The van der Waals surface area contributed by atoms with Crippen LogP contribution in [0, 0.1) is 0 Å². The molecule has 0 aliphatic carbocycles. The minimum Gasteiger partial charge on any atom is -0.466 e. The summed E-state index contributed by atoms with van der Waals surface area (Å²) in [6, 6.07) is 16.0. The van der Waals surface area contributed by atoms with Crippen molar-refractivity contribution >= 4 is 21.7 Å². The Morgan fingerprint density at radius 1 is 1.00 bits per heavy atom. The lowest BCUT2D eigenvalue weighted by Crippen LogP contribution is -2.32. The average Bonchev–Trinajstić information content (AvgIpc) is 2.98. The molecule has 2 aromatic carbocycles. The number of rotatable bonds is 11. The number of hydrogen-bond acceptors (Lipinski definition) is 6. The van der Waals surface area contributed by atoms with Crippen molar-refractivity contribution in [2.24, 2.45) is 0 Å². The Bertz CT molecular complexity index is 1050. The summed E-state index contributed by atoms with van der Waals surface area (Å²) in [6.45, 7) is 4.14. The van der Waals surface area contributed by atoms with Gasteiger partial charge >= 0.3 is 5.97 Å². The van der Waals surface area contributed by atoms with Crippen LogP contribution in [0.25, 0.3) is 0 Å². The van der Waals surface area contributed by atoms with Gasteiger partial charge in [-0.3, -0.25) is 9.59 Å². The molecule has 0 saturated carbocycles. The van der Waals surface area contributed by atoms with Gasteiger partial charge in [-0.25, -0.2) is 8.42 Å². The first kappa shape index (κ1) is 24.8. The number of esters is 1. The number of carbonyl (C=O) groups is 2. The number of para-hydroxylation sites is 1. The second-order valence-electron chi connectivity index (χ2n) is 8.00. The molecular weight excluding hydrogens is 442 g/mol. The van der Waals surface area contributed by atoms with Crippen LogP contribution in [0.1, 0.15) is 56.9 Å². The molecule has 0 radical (unpaired) electrons. The van der Waals surface area contributed by atoms with Crippen molar-refractivity contribution in [3.63, 3.8) is 0 Å². The minimum atomic E-state index is -3.80. The molecule has 33 heavy (non-hydrogen) atoms. The maximum Gasteiger partial charge on any atom is 0.305 e. The van der Waals surface area contributed by atoms with Gasteiger partial charge in [0.2, 0.25) is 5.91 Å². The molecule has 1 saturated heterocycles. The summed E-state index contributed by atoms with van der Waals surface area (Å²) in [6.07, 6.45) is 2.20. The van der Waals surface area contributed by atoms with Crippen molar-refractivity contribution < 1.29 is 27.5 Å². The van der Waals surface area contributed by atoms with E-state index in [-0.39, 0.29) is 25.5 Å². The van der Waals surface area contributed by atoms with E-state index < -0.39 is 26.4 Å². The summed E-state index contributed by atoms with van der Waals surface area (Å²) in [5.41, 5.74) is 0.479. The summed E-state index contributed by atoms with van der Waals surface area (Å²) >= 11 is 0. The van der Waals surface area contributed by atoms with Gasteiger partial charge in [0.25, 0.3) is 0 Å². The molecule has 1 amide bonds. The molecule has 2 aromatic rings. The number of carbonyl (C=O) groups excluding carboxylic acids is 2. The predicted molar refractivity (Wildman–Crippen MR) is 126 cm³/mol. The highest BCUT2D eigenvalue weighted by Gasteiger charge is 2.52. The van der Waals surface area contributed by atoms with Crippen LogP contribution < -0.4 is 4.74 Å². The third-order valence-corrected chi connectivity index (χ3v) is 7.96. The van der Waals surface area contributed by atoms with Gasteiger partial charge < -0.3 is 14.4 Å². The molecule has 0 N–H and O–H groups in total. The van der Waals surface area contributed by atoms with Gasteiger partial charge in [0, 0.05) is 13.0 Å². The Hall–Kier alpha value is -2.87. The smallest absolute Gasteiger partial charge is 0.305 e. The van der Waals surface area contributed by atoms with E-state index in [0.29, 0.717) is 36.3 Å². The highest BCUT2D eigenvalue weighted by Crippen LogP contribution is 2.40. The normalized spacial score (nSPS) is 19.5. The predicted octanol–water partition coefficient (Wildman–Crippen LogP) is 4.64. The van der Waals surface area contributed by atoms with E-state index in [4.69, 9.17) is 9.47 Å². The van der Waals surface area contributed by atoms with Crippen molar-refractivity contribution in [1.29, 1.82) is 0 Å². The summed E-state index contributed by atoms with van der Waals surface area (Å²) in [7, 11) is -3.80. The van der Waals surface area contributed by atoms with Gasteiger partial charge in [-0.15, -0.1) is 0 Å². The first-order valence-electron chi connectivity index (χ1n) is 11.4. The fourth-order valence-electron chi connectivity index (χ4n) is 4.03. The van der Waals surface area contributed by atoms with Gasteiger partial charge in [-0.2, -0.15) is 0 Å². The maximum absolute atomic E-state index is 13.5. The van der Waals surface area contributed by atoms with Crippen molar-refractivity contribution in [2.45, 2.75) is 56.6 Å². The van der Waals surface area contributed by atoms with E-state index in [1.165, 1.54) is 4.90 Å². The lowest BCUT2D eigenvalue weighted by atomic mass is 10.1. The molecule has 8 heteroatoms. The number of unbranched alkanes of at least 4 members (excludes halogenated alkanes) is 1. The van der Waals surface area contributed by atoms with E-state index in [1.807, 2.05) is 37.3 Å². The molecule has 2 atom stereocenters. The Morgan fingerprint density at radius 2 is 1.73 bits per heavy atom. The largest absolute Gasteiger partial charge is 0.466 e. The number of benzene rings is 2. The molecule has 1 heterocycles. The highest BCUT2D eigenvalue weighted by molar-refractivity contribution is 7.93. The van der Waals surface area contributed by atoms with E-state index >= 15 is 0 Å². The van der Waals surface area contributed by atoms with Crippen molar-refractivity contribution in [2.75, 3.05) is 13.2 Å². The van der Waals surface area contributed by atoms with Crippen LogP contribution in [0.2, 0.25) is 0 Å². The standard InChI is InChI=1S/C25H31NO6S/c1-3-5-15-22-24(28)26(17-10-16-23(27)31-4-2)25(33(22,29)30)19-11-9-14-21(18-19)32-20-12-7-6-8-13-20/h6-9,11-14,18,22,25H,3-5,10,15-17H2,1-2H3. The highest BCUT2D eigenvalue weighted by atomic mass is 32.2. The Balaban J connectivity index is 1.88. The lowest BCUT2D eigenvalue weighted by molar-refractivity contribution is -0.143. The average molecular weight is 474 g/mol. The molecule has 2 unspecified atom stereocenters. The Labute approximate surface area is 195 Å². The zero-order valence-corrected chi connectivity index (χ0v) is 19.9. The second-order valence-corrected chi connectivity index (χ2v) is 10.2. The van der Waals surface area contributed by atoms with E-state index in [1.54, 1.807) is 31.2 Å². The van der Waals surface area contributed by atoms with Gasteiger partial charge in [0.1, 0.15) is 16.7 Å².